The van der Waals surface area contributed by atoms with Crippen molar-refractivity contribution in [2.24, 2.45) is 5.73 Å². The average Bonchev–Trinajstić information content (AvgIpc) is 2.41. The van der Waals surface area contributed by atoms with Gasteiger partial charge in [-0.3, -0.25) is 14.4 Å². The topological polar surface area (TPSA) is 148 Å². The van der Waals surface area contributed by atoms with Gasteiger partial charge in [0.15, 0.2) is 0 Å². The second kappa shape index (κ2) is 8.64. The van der Waals surface area contributed by atoms with Crippen molar-refractivity contribution >= 4 is 23.8 Å². The van der Waals surface area contributed by atoms with Gasteiger partial charge in [-0.1, -0.05) is 0 Å². The number of carbonyl (C=O) groups excluding carboxylic acids is 3. The van der Waals surface area contributed by atoms with Gasteiger partial charge in [0.25, 0.3) is 0 Å². The maximum absolute atomic E-state index is 11.4. The number of nitrogens with two attached hydrogens (primary N) is 1. The Morgan fingerprint density at radius 3 is 2.40 bits per heavy atom. The molecule has 112 valence electrons. The molecule has 0 aromatic carbocycles. The van der Waals surface area contributed by atoms with Crippen LogP contribution in [-0.2, 0) is 23.9 Å². The molecule has 0 aliphatic heterocycles. The monoisotopic (exact) mass is 287 g/mol. The van der Waals surface area contributed by atoms with Gasteiger partial charge in [-0.2, -0.15) is 0 Å². The number of carbonyl (C=O) groups is 4. The van der Waals surface area contributed by atoms with E-state index >= 15 is 0 Å². The van der Waals surface area contributed by atoms with E-state index in [1.54, 1.807) is 0 Å². The number of rotatable bonds is 7. The first kappa shape index (κ1) is 17.6. The largest absolute Gasteiger partial charge is 0.480 e. The highest BCUT2D eigenvalue weighted by Crippen LogP contribution is 1.85. The molecular formula is C11H17N3O6. The summed E-state index contributed by atoms with van der Waals surface area (Å²) in [5, 5.41) is 13.0. The number of esters is 1. The number of aliphatic carboxylic acids is 1. The number of carboxylic acids is 1. The van der Waals surface area contributed by atoms with Crippen LogP contribution < -0.4 is 16.4 Å². The van der Waals surface area contributed by atoms with E-state index in [0.29, 0.717) is 0 Å². The van der Waals surface area contributed by atoms with Gasteiger partial charge in [-0.15, -0.1) is 0 Å². The minimum atomic E-state index is -1.20. The number of ether oxygens (including phenoxy) is 1. The fourth-order valence-electron chi connectivity index (χ4n) is 0.956. The van der Waals surface area contributed by atoms with Crippen LogP contribution in [0.2, 0.25) is 0 Å². The summed E-state index contributed by atoms with van der Waals surface area (Å²) in [7, 11) is 1.16. The number of carboxylic acid groups (broad SMARTS) is 1. The molecule has 0 spiro atoms. The van der Waals surface area contributed by atoms with Crippen molar-refractivity contribution in [2.45, 2.75) is 19.0 Å². The van der Waals surface area contributed by atoms with Gasteiger partial charge < -0.3 is 26.2 Å². The van der Waals surface area contributed by atoms with Crippen LogP contribution in [-0.4, -0.2) is 54.6 Å². The highest BCUT2D eigenvalue weighted by atomic mass is 16.5. The summed E-state index contributed by atoms with van der Waals surface area (Å²) in [4.78, 5) is 43.9. The third-order valence-electron chi connectivity index (χ3n) is 2.13. The number of hydrogen-bond acceptors (Lipinski definition) is 6. The van der Waals surface area contributed by atoms with Gasteiger partial charge in [0.2, 0.25) is 11.8 Å². The molecule has 2 atom stereocenters. The fraction of sp³-hybridized carbons (Fsp3) is 0.455. The molecule has 2 amide bonds. The molecule has 0 aromatic rings. The van der Waals surface area contributed by atoms with Gasteiger partial charge in [-0.05, 0) is 6.92 Å². The first-order valence-corrected chi connectivity index (χ1v) is 5.60. The summed E-state index contributed by atoms with van der Waals surface area (Å²) in [6.45, 7) is 1.08. The van der Waals surface area contributed by atoms with E-state index < -0.39 is 35.8 Å². The molecule has 0 unspecified atom stereocenters. The smallest absolute Gasteiger partial charge is 0.330 e. The Labute approximate surface area is 115 Å². The van der Waals surface area contributed by atoms with E-state index in [1.165, 1.54) is 6.92 Å². The van der Waals surface area contributed by atoms with E-state index in [-0.39, 0.29) is 6.54 Å². The average molecular weight is 287 g/mol. The van der Waals surface area contributed by atoms with Crippen LogP contribution in [0.4, 0.5) is 0 Å². The molecule has 0 saturated heterocycles. The van der Waals surface area contributed by atoms with Crippen molar-refractivity contribution in [1.29, 1.82) is 0 Å². The van der Waals surface area contributed by atoms with Crippen LogP contribution >= 0.6 is 0 Å². The third kappa shape index (κ3) is 7.11. The molecule has 9 heteroatoms. The van der Waals surface area contributed by atoms with Crippen LogP contribution in [0, 0.1) is 0 Å². The number of nitrogens with one attached hydrogen (secondary N) is 2. The fourth-order valence-corrected chi connectivity index (χ4v) is 0.956. The van der Waals surface area contributed by atoms with Crippen molar-refractivity contribution < 1.29 is 29.0 Å². The zero-order chi connectivity index (χ0) is 15.7. The zero-order valence-corrected chi connectivity index (χ0v) is 11.1. The lowest BCUT2D eigenvalue weighted by atomic mass is 10.2. The van der Waals surface area contributed by atoms with Gasteiger partial charge in [0.05, 0.1) is 7.11 Å². The normalized spacial score (nSPS) is 13.3. The predicted molar refractivity (Wildman–Crippen MR) is 67.4 cm³/mol. The van der Waals surface area contributed by atoms with Gasteiger partial charge in [0, 0.05) is 18.7 Å². The Morgan fingerprint density at radius 1 is 1.30 bits per heavy atom. The van der Waals surface area contributed by atoms with Crippen LogP contribution in [0.25, 0.3) is 0 Å². The van der Waals surface area contributed by atoms with Crippen molar-refractivity contribution in [3.8, 4) is 0 Å². The van der Waals surface area contributed by atoms with E-state index in [2.05, 4.69) is 15.4 Å². The Balaban J connectivity index is 4.15. The number of methoxy groups -OCH3 is 1. The minimum Gasteiger partial charge on any atom is -0.480 e. The summed E-state index contributed by atoms with van der Waals surface area (Å²) in [6.07, 6.45) is 1.84. The van der Waals surface area contributed by atoms with Crippen LogP contribution in [0.5, 0.6) is 0 Å². The van der Waals surface area contributed by atoms with Crippen molar-refractivity contribution in [1.82, 2.24) is 10.6 Å². The number of amides is 2. The summed E-state index contributed by atoms with van der Waals surface area (Å²) < 4.78 is 4.28. The lowest BCUT2D eigenvalue weighted by molar-refractivity contribution is -0.141. The van der Waals surface area contributed by atoms with Gasteiger partial charge in [0.1, 0.15) is 12.1 Å². The summed E-state index contributed by atoms with van der Waals surface area (Å²) >= 11 is 0. The molecule has 0 heterocycles. The standard InChI is InChI=1S/C11H17N3O6/c1-6(11(18)19)14-10(17)7(12)5-13-8(15)3-4-9(16)20-2/h3-4,6-7H,5,12H2,1-2H3,(H,13,15)(H,14,17)(H,18,19)/b4-3+/t6-,7+/m0/s1. The molecule has 0 radical (unpaired) electrons. The summed E-state index contributed by atoms with van der Waals surface area (Å²) in [5.74, 6) is -3.24. The lowest BCUT2D eigenvalue weighted by Gasteiger charge is -2.14. The molecule has 0 bridgehead atoms. The van der Waals surface area contributed by atoms with Gasteiger partial charge >= 0.3 is 11.9 Å². The quantitative estimate of drug-likeness (QED) is 0.305. The highest BCUT2D eigenvalue weighted by molar-refractivity contribution is 5.95. The SMILES string of the molecule is COC(=O)/C=C/C(=O)NC[C@@H](N)C(=O)N[C@@H](C)C(=O)O. The van der Waals surface area contributed by atoms with Crippen LogP contribution in [0.1, 0.15) is 6.92 Å². The Hall–Kier alpha value is -2.42. The first-order chi connectivity index (χ1) is 9.27. The molecule has 0 fully saturated rings. The van der Waals surface area contributed by atoms with E-state index in [0.717, 1.165) is 19.3 Å². The van der Waals surface area contributed by atoms with Crippen molar-refractivity contribution in [2.75, 3.05) is 13.7 Å². The second-order valence-electron chi connectivity index (χ2n) is 3.78. The molecule has 0 aliphatic carbocycles. The Bertz CT molecular complexity index is 420. The van der Waals surface area contributed by atoms with E-state index in [1.807, 2.05) is 0 Å². The van der Waals surface area contributed by atoms with E-state index in [9.17, 15) is 19.2 Å². The Morgan fingerprint density at radius 2 is 1.90 bits per heavy atom. The van der Waals surface area contributed by atoms with Crippen LogP contribution in [0.15, 0.2) is 12.2 Å². The summed E-state index contributed by atoms with van der Waals surface area (Å²) in [6, 6.07) is -2.18. The first-order valence-electron chi connectivity index (χ1n) is 5.60. The molecular weight excluding hydrogens is 270 g/mol. The molecule has 0 aromatic heterocycles. The Kier molecular flexibility index (Phi) is 7.60. The molecule has 20 heavy (non-hydrogen) atoms. The zero-order valence-electron chi connectivity index (χ0n) is 11.1. The second-order valence-corrected chi connectivity index (χ2v) is 3.78. The molecule has 0 saturated carbocycles. The van der Waals surface area contributed by atoms with Crippen molar-refractivity contribution in [3.63, 3.8) is 0 Å². The highest BCUT2D eigenvalue weighted by Gasteiger charge is 2.19. The minimum absolute atomic E-state index is 0.206. The molecule has 5 N–H and O–H groups in total. The predicted octanol–water partition coefficient (Wildman–Crippen LogP) is -2.25. The molecule has 0 rings (SSSR count). The van der Waals surface area contributed by atoms with Crippen LogP contribution in [0.3, 0.4) is 0 Å². The van der Waals surface area contributed by atoms with Crippen molar-refractivity contribution in [3.05, 3.63) is 12.2 Å². The lowest BCUT2D eigenvalue weighted by Crippen LogP contribution is -2.51. The van der Waals surface area contributed by atoms with E-state index in [4.69, 9.17) is 10.8 Å². The van der Waals surface area contributed by atoms with Gasteiger partial charge in [-0.25, -0.2) is 4.79 Å². The summed E-state index contributed by atoms with van der Waals surface area (Å²) in [5.41, 5.74) is 5.46. The third-order valence-corrected chi connectivity index (χ3v) is 2.13. The maximum Gasteiger partial charge on any atom is 0.330 e. The number of hydrogen-bond donors (Lipinski definition) is 4. The maximum atomic E-state index is 11.4. The molecule has 0 aliphatic rings. The molecule has 9 nitrogen and oxygen atoms in total.